The van der Waals surface area contributed by atoms with Crippen LogP contribution in [-0.2, 0) is 23.6 Å². The van der Waals surface area contributed by atoms with Gasteiger partial charge in [0.1, 0.15) is 6.33 Å². The zero-order valence-corrected chi connectivity index (χ0v) is 16.4. The normalized spacial score (nSPS) is 25.2. The Morgan fingerprint density at radius 1 is 1.26 bits per heavy atom. The molecular weight excluding hydrogens is 364 g/mol. The number of aryl methyl sites for hydroxylation is 2. The highest BCUT2D eigenvalue weighted by Crippen LogP contribution is 2.47. The molecule has 2 aromatic rings. The zero-order valence-electron chi connectivity index (χ0n) is 15.6. The first-order chi connectivity index (χ1) is 13.1. The number of anilines is 1. The van der Waals surface area contributed by atoms with E-state index in [2.05, 4.69) is 15.0 Å². The Kier molecular flexibility index (Phi) is 4.16. The number of carbonyl (C=O) groups is 1. The van der Waals surface area contributed by atoms with Gasteiger partial charge in [-0.3, -0.25) is 9.48 Å². The lowest BCUT2D eigenvalue weighted by molar-refractivity contribution is 0.0768. The number of likely N-dealkylation sites (tertiary alicyclic amines) is 1. The van der Waals surface area contributed by atoms with Crippen molar-refractivity contribution in [3.8, 4) is 0 Å². The van der Waals surface area contributed by atoms with Crippen LogP contribution in [0.3, 0.4) is 0 Å². The van der Waals surface area contributed by atoms with E-state index in [1.54, 1.807) is 18.1 Å². The van der Waals surface area contributed by atoms with E-state index in [0.717, 1.165) is 63.8 Å². The van der Waals surface area contributed by atoms with E-state index in [0.29, 0.717) is 0 Å². The second-order valence-electron chi connectivity index (χ2n) is 7.72. The second-order valence-corrected chi connectivity index (χ2v) is 8.78. The first-order valence-electron chi connectivity index (χ1n) is 9.62. The van der Waals surface area contributed by atoms with Crippen LogP contribution < -0.4 is 4.90 Å². The molecule has 4 heterocycles. The number of hydrogen-bond donors (Lipinski definition) is 0. The molecule has 0 aromatic carbocycles. The summed E-state index contributed by atoms with van der Waals surface area (Å²) in [7, 11) is 1.78. The third-order valence-corrected chi connectivity index (χ3v) is 7.14. The van der Waals surface area contributed by atoms with Crippen LogP contribution in [0.2, 0.25) is 0 Å². The minimum atomic E-state index is -0.0665. The van der Waals surface area contributed by atoms with Crippen molar-refractivity contribution in [2.45, 2.75) is 31.1 Å². The van der Waals surface area contributed by atoms with E-state index < -0.39 is 0 Å². The van der Waals surface area contributed by atoms with Gasteiger partial charge in [-0.1, -0.05) is 0 Å². The first kappa shape index (κ1) is 17.1. The lowest BCUT2D eigenvalue weighted by Gasteiger charge is -2.32. The van der Waals surface area contributed by atoms with E-state index in [1.807, 2.05) is 16.2 Å². The Balaban J connectivity index is 1.40. The highest BCUT2D eigenvalue weighted by Gasteiger charge is 2.46. The molecule has 8 nitrogen and oxygen atoms in total. The average Bonchev–Trinajstić information content (AvgIpc) is 3.41. The van der Waals surface area contributed by atoms with Gasteiger partial charge < -0.3 is 14.5 Å². The SMILES string of the molecule is Cn1cnc(C(=O)N2CCC3(CCCc4sc(N5CCOCC5)nc43)C2)n1. The fourth-order valence-electron chi connectivity index (χ4n) is 4.54. The number of aromatic nitrogens is 4. The molecule has 27 heavy (non-hydrogen) atoms. The van der Waals surface area contributed by atoms with Crippen LogP contribution in [0, 0.1) is 0 Å². The van der Waals surface area contributed by atoms with Gasteiger partial charge in [0, 0.05) is 43.5 Å². The molecule has 0 bridgehead atoms. The number of morpholine rings is 1. The Morgan fingerprint density at radius 3 is 2.89 bits per heavy atom. The maximum atomic E-state index is 12.8. The van der Waals surface area contributed by atoms with Gasteiger partial charge in [-0.25, -0.2) is 9.97 Å². The molecule has 1 unspecified atom stereocenters. The molecule has 0 N–H and O–H groups in total. The number of nitrogens with zero attached hydrogens (tertiary/aromatic N) is 6. The molecule has 2 fully saturated rings. The summed E-state index contributed by atoms with van der Waals surface area (Å²) in [6.07, 6.45) is 5.93. The van der Waals surface area contributed by atoms with Gasteiger partial charge in [0.05, 0.1) is 18.9 Å². The van der Waals surface area contributed by atoms with Gasteiger partial charge in [0.15, 0.2) is 5.13 Å². The molecule has 1 atom stereocenters. The number of thiazole rings is 1. The third-order valence-electron chi connectivity index (χ3n) is 5.96. The monoisotopic (exact) mass is 388 g/mol. The summed E-state index contributed by atoms with van der Waals surface area (Å²) in [5.41, 5.74) is 1.24. The van der Waals surface area contributed by atoms with Crippen LogP contribution in [0.15, 0.2) is 6.33 Å². The van der Waals surface area contributed by atoms with Gasteiger partial charge >= 0.3 is 0 Å². The average molecular weight is 388 g/mol. The predicted octanol–water partition coefficient (Wildman–Crippen LogP) is 1.23. The molecule has 2 aromatic heterocycles. The fraction of sp³-hybridized carbons (Fsp3) is 0.667. The van der Waals surface area contributed by atoms with Crippen molar-refractivity contribution in [1.82, 2.24) is 24.6 Å². The number of fused-ring (bicyclic) bond motifs is 2. The number of carbonyl (C=O) groups excluding carboxylic acids is 1. The fourth-order valence-corrected chi connectivity index (χ4v) is 5.81. The lowest BCUT2D eigenvalue weighted by Crippen LogP contribution is -2.38. The molecule has 1 amide bonds. The molecule has 5 rings (SSSR count). The molecule has 2 saturated heterocycles. The topological polar surface area (TPSA) is 76.4 Å². The van der Waals surface area contributed by atoms with Crippen LogP contribution in [0.1, 0.15) is 40.5 Å². The Hall–Kier alpha value is -2.00. The van der Waals surface area contributed by atoms with Crippen LogP contribution in [0.5, 0.6) is 0 Å². The Morgan fingerprint density at radius 2 is 2.11 bits per heavy atom. The summed E-state index contributed by atoms with van der Waals surface area (Å²) in [5.74, 6) is 0.223. The quantitative estimate of drug-likeness (QED) is 0.770. The van der Waals surface area contributed by atoms with Gasteiger partial charge in [-0.15, -0.1) is 16.4 Å². The molecule has 3 aliphatic rings. The largest absolute Gasteiger partial charge is 0.378 e. The molecule has 9 heteroatoms. The van der Waals surface area contributed by atoms with Crippen molar-refractivity contribution in [2.75, 3.05) is 44.3 Å². The van der Waals surface area contributed by atoms with Crippen molar-refractivity contribution in [3.05, 3.63) is 22.7 Å². The summed E-state index contributed by atoms with van der Waals surface area (Å²) in [6.45, 7) is 4.85. The van der Waals surface area contributed by atoms with Gasteiger partial charge in [0.2, 0.25) is 5.82 Å². The smallest absolute Gasteiger partial charge is 0.293 e. The minimum absolute atomic E-state index is 0.000932. The van der Waals surface area contributed by atoms with E-state index in [1.165, 1.54) is 17.0 Å². The van der Waals surface area contributed by atoms with E-state index >= 15 is 0 Å². The number of rotatable bonds is 2. The third kappa shape index (κ3) is 2.93. The zero-order chi connectivity index (χ0) is 18.4. The van der Waals surface area contributed by atoms with Crippen LogP contribution >= 0.6 is 11.3 Å². The second kappa shape index (κ2) is 6.56. The minimum Gasteiger partial charge on any atom is -0.378 e. The van der Waals surface area contributed by atoms with Gasteiger partial charge in [-0.2, -0.15) is 0 Å². The van der Waals surface area contributed by atoms with Gasteiger partial charge in [0.25, 0.3) is 5.91 Å². The van der Waals surface area contributed by atoms with E-state index in [4.69, 9.17) is 9.72 Å². The number of ether oxygens (including phenoxy) is 1. The standard InChI is InChI=1S/C18H24N6O2S/c1-22-12-19-15(21-22)16(25)24-6-5-18(11-24)4-2-3-13-14(18)20-17(27-13)23-7-9-26-10-8-23/h12H,2-11H2,1H3. The van der Waals surface area contributed by atoms with Crippen molar-refractivity contribution >= 4 is 22.4 Å². The van der Waals surface area contributed by atoms with Crippen LogP contribution in [0.4, 0.5) is 5.13 Å². The number of hydrogen-bond acceptors (Lipinski definition) is 7. The molecular formula is C18H24N6O2S. The van der Waals surface area contributed by atoms with E-state index in [9.17, 15) is 4.79 Å². The summed E-state index contributed by atoms with van der Waals surface area (Å²) in [5, 5.41) is 5.31. The van der Waals surface area contributed by atoms with Crippen molar-refractivity contribution in [2.24, 2.45) is 7.05 Å². The van der Waals surface area contributed by atoms with Crippen LogP contribution in [-0.4, -0.2) is 69.9 Å². The Bertz CT molecular complexity index is 858. The van der Waals surface area contributed by atoms with Crippen molar-refractivity contribution in [1.29, 1.82) is 0 Å². The highest BCUT2D eigenvalue weighted by atomic mass is 32.1. The molecule has 144 valence electrons. The van der Waals surface area contributed by atoms with Crippen molar-refractivity contribution in [3.63, 3.8) is 0 Å². The molecule has 1 aliphatic carbocycles. The maximum absolute atomic E-state index is 12.8. The predicted molar refractivity (Wildman–Crippen MR) is 101 cm³/mol. The molecule has 1 spiro atoms. The number of amides is 1. The molecule has 2 aliphatic heterocycles. The summed E-state index contributed by atoms with van der Waals surface area (Å²) >= 11 is 1.84. The summed E-state index contributed by atoms with van der Waals surface area (Å²) in [6, 6.07) is 0. The van der Waals surface area contributed by atoms with E-state index in [-0.39, 0.29) is 17.1 Å². The Labute approximate surface area is 162 Å². The van der Waals surface area contributed by atoms with Crippen molar-refractivity contribution < 1.29 is 9.53 Å². The first-order valence-corrected chi connectivity index (χ1v) is 10.4. The highest BCUT2D eigenvalue weighted by molar-refractivity contribution is 7.15. The van der Waals surface area contributed by atoms with Gasteiger partial charge in [-0.05, 0) is 25.7 Å². The maximum Gasteiger partial charge on any atom is 0.293 e. The van der Waals surface area contributed by atoms with Crippen LogP contribution in [0.25, 0.3) is 0 Å². The summed E-state index contributed by atoms with van der Waals surface area (Å²) < 4.78 is 7.05. The summed E-state index contributed by atoms with van der Waals surface area (Å²) in [4.78, 5) is 27.7. The molecule has 0 radical (unpaired) electrons. The lowest BCUT2D eigenvalue weighted by atomic mass is 9.74. The molecule has 0 saturated carbocycles.